The summed E-state index contributed by atoms with van der Waals surface area (Å²) in [7, 11) is 1.27. The molecule has 1 atom stereocenters. The molecule has 6 heteroatoms. The highest BCUT2D eigenvalue weighted by molar-refractivity contribution is 5.88. The maximum absolute atomic E-state index is 12.4. The molecule has 1 unspecified atom stereocenters. The van der Waals surface area contributed by atoms with Gasteiger partial charge in [0.15, 0.2) is 5.76 Å². The molecule has 0 bridgehead atoms. The summed E-state index contributed by atoms with van der Waals surface area (Å²) in [5.74, 6) is -1.70. The average molecular weight is 297 g/mol. The SMILES string of the molecule is COC(=O)C(c1cc(C)no1)C(C)(C)C(=O)OC(C)(C)C. The van der Waals surface area contributed by atoms with Crippen molar-refractivity contribution in [3.8, 4) is 0 Å². The van der Waals surface area contributed by atoms with E-state index in [0.29, 0.717) is 5.69 Å². The van der Waals surface area contributed by atoms with E-state index in [1.54, 1.807) is 47.6 Å². The van der Waals surface area contributed by atoms with Crippen LogP contribution in [0, 0.1) is 12.3 Å². The van der Waals surface area contributed by atoms with Crippen LogP contribution in [-0.4, -0.2) is 29.8 Å². The number of nitrogens with zero attached hydrogens (tertiary/aromatic N) is 1. The van der Waals surface area contributed by atoms with Crippen LogP contribution in [0.5, 0.6) is 0 Å². The first-order valence-corrected chi connectivity index (χ1v) is 6.73. The summed E-state index contributed by atoms with van der Waals surface area (Å²) >= 11 is 0. The number of rotatable bonds is 4. The minimum Gasteiger partial charge on any atom is -0.468 e. The summed E-state index contributed by atoms with van der Waals surface area (Å²) in [5.41, 5.74) is -1.17. The lowest BCUT2D eigenvalue weighted by Gasteiger charge is -2.32. The molecular weight excluding hydrogens is 274 g/mol. The van der Waals surface area contributed by atoms with Gasteiger partial charge >= 0.3 is 11.9 Å². The van der Waals surface area contributed by atoms with Crippen molar-refractivity contribution in [1.82, 2.24) is 5.16 Å². The minimum atomic E-state index is -1.15. The molecule has 1 aromatic rings. The summed E-state index contributed by atoms with van der Waals surface area (Å²) in [5, 5.41) is 3.77. The van der Waals surface area contributed by atoms with E-state index in [1.165, 1.54) is 7.11 Å². The van der Waals surface area contributed by atoms with Gasteiger partial charge in [-0.3, -0.25) is 9.59 Å². The number of carbonyl (C=O) groups is 2. The first-order valence-electron chi connectivity index (χ1n) is 6.73. The molecule has 0 amide bonds. The van der Waals surface area contributed by atoms with Gasteiger partial charge in [-0.15, -0.1) is 0 Å². The van der Waals surface area contributed by atoms with Gasteiger partial charge in [-0.25, -0.2) is 0 Å². The van der Waals surface area contributed by atoms with E-state index in [4.69, 9.17) is 14.0 Å². The molecule has 21 heavy (non-hydrogen) atoms. The number of carbonyl (C=O) groups excluding carboxylic acids is 2. The van der Waals surface area contributed by atoms with Crippen molar-refractivity contribution in [2.75, 3.05) is 7.11 Å². The van der Waals surface area contributed by atoms with Crippen molar-refractivity contribution in [2.45, 2.75) is 53.1 Å². The van der Waals surface area contributed by atoms with Crippen LogP contribution in [0.25, 0.3) is 0 Å². The maximum atomic E-state index is 12.4. The van der Waals surface area contributed by atoms with E-state index in [9.17, 15) is 9.59 Å². The second-order valence-corrected chi connectivity index (χ2v) is 6.55. The molecule has 0 aromatic carbocycles. The topological polar surface area (TPSA) is 78.6 Å². The van der Waals surface area contributed by atoms with Gasteiger partial charge in [-0.2, -0.15) is 0 Å². The van der Waals surface area contributed by atoms with Gasteiger partial charge < -0.3 is 14.0 Å². The Hall–Kier alpha value is -1.85. The first-order chi connectivity index (χ1) is 9.49. The van der Waals surface area contributed by atoms with Crippen molar-refractivity contribution in [3.05, 3.63) is 17.5 Å². The maximum Gasteiger partial charge on any atom is 0.317 e. The molecule has 0 fully saturated rings. The fourth-order valence-electron chi connectivity index (χ4n) is 1.93. The molecule has 0 N–H and O–H groups in total. The monoisotopic (exact) mass is 297 g/mol. The number of aromatic nitrogens is 1. The molecule has 0 aliphatic heterocycles. The van der Waals surface area contributed by atoms with Crippen LogP contribution < -0.4 is 0 Å². The standard InChI is InChI=1S/C15H23NO5/c1-9-8-10(21-16-9)11(12(17)19-7)15(5,6)13(18)20-14(2,3)4/h8,11H,1-7H3. The summed E-state index contributed by atoms with van der Waals surface area (Å²) in [4.78, 5) is 24.6. The first kappa shape index (κ1) is 17.2. The van der Waals surface area contributed by atoms with Crippen LogP contribution in [-0.2, 0) is 19.1 Å². The summed E-state index contributed by atoms with van der Waals surface area (Å²) in [6, 6.07) is 1.62. The zero-order valence-corrected chi connectivity index (χ0v) is 13.6. The Morgan fingerprint density at radius 3 is 2.19 bits per heavy atom. The number of methoxy groups -OCH3 is 1. The van der Waals surface area contributed by atoms with E-state index in [2.05, 4.69) is 5.16 Å². The molecule has 0 saturated carbocycles. The van der Waals surface area contributed by atoms with Crippen LogP contribution in [0.1, 0.15) is 52.0 Å². The normalized spacial score (nSPS) is 13.7. The van der Waals surface area contributed by atoms with Gasteiger partial charge in [0, 0.05) is 6.07 Å². The third-order valence-electron chi connectivity index (χ3n) is 3.01. The fourth-order valence-corrected chi connectivity index (χ4v) is 1.93. The number of hydrogen-bond acceptors (Lipinski definition) is 6. The largest absolute Gasteiger partial charge is 0.468 e. The zero-order chi connectivity index (χ0) is 16.4. The highest BCUT2D eigenvalue weighted by atomic mass is 16.6. The van der Waals surface area contributed by atoms with Crippen molar-refractivity contribution < 1.29 is 23.6 Å². The molecule has 118 valence electrons. The van der Waals surface area contributed by atoms with E-state index in [1.807, 2.05) is 0 Å². The van der Waals surface area contributed by atoms with Gasteiger partial charge in [0.25, 0.3) is 0 Å². The van der Waals surface area contributed by atoms with E-state index in [-0.39, 0.29) is 5.76 Å². The van der Waals surface area contributed by atoms with Crippen molar-refractivity contribution in [2.24, 2.45) is 5.41 Å². The lowest BCUT2D eigenvalue weighted by atomic mass is 9.77. The predicted molar refractivity (Wildman–Crippen MR) is 75.6 cm³/mol. The fraction of sp³-hybridized carbons (Fsp3) is 0.667. The smallest absolute Gasteiger partial charge is 0.317 e. The molecule has 1 aromatic heterocycles. The summed E-state index contributed by atoms with van der Waals surface area (Å²) < 4.78 is 15.4. The Kier molecular flexibility index (Phi) is 4.81. The van der Waals surface area contributed by atoms with Gasteiger partial charge in [0.1, 0.15) is 11.5 Å². The van der Waals surface area contributed by atoms with Crippen molar-refractivity contribution in [3.63, 3.8) is 0 Å². The Morgan fingerprint density at radius 2 is 1.81 bits per heavy atom. The van der Waals surface area contributed by atoms with Gasteiger partial charge in [-0.05, 0) is 41.5 Å². The number of hydrogen-bond donors (Lipinski definition) is 0. The van der Waals surface area contributed by atoms with E-state index >= 15 is 0 Å². The Labute approximate surface area is 124 Å². The lowest BCUT2D eigenvalue weighted by Crippen LogP contribution is -2.41. The Bertz CT molecular complexity index is 524. The van der Waals surface area contributed by atoms with Crippen molar-refractivity contribution >= 4 is 11.9 Å². The zero-order valence-electron chi connectivity index (χ0n) is 13.6. The number of esters is 2. The predicted octanol–water partition coefficient (Wildman–Crippen LogP) is 2.61. The minimum absolute atomic E-state index is 0.287. The molecule has 6 nitrogen and oxygen atoms in total. The average Bonchev–Trinajstić information content (AvgIpc) is 2.72. The second kappa shape index (κ2) is 5.87. The molecule has 1 heterocycles. The van der Waals surface area contributed by atoms with Crippen LogP contribution in [0.3, 0.4) is 0 Å². The quantitative estimate of drug-likeness (QED) is 0.795. The number of ether oxygens (including phenoxy) is 2. The molecular formula is C15H23NO5. The van der Waals surface area contributed by atoms with Gasteiger partial charge in [0.2, 0.25) is 0 Å². The summed E-state index contributed by atoms with van der Waals surface area (Å²) in [6.07, 6.45) is 0. The van der Waals surface area contributed by atoms with Crippen molar-refractivity contribution in [1.29, 1.82) is 0 Å². The highest BCUT2D eigenvalue weighted by Gasteiger charge is 2.47. The van der Waals surface area contributed by atoms with Gasteiger partial charge in [0.05, 0.1) is 18.2 Å². The lowest BCUT2D eigenvalue weighted by molar-refractivity contribution is -0.172. The third kappa shape index (κ3) is 4.06. The molecule has 0 aliphatic rings. The molecule has 0 spiro atoms. The van der Waals surface area contributed by atoms with Crippen LogP contribution in [0.4, 0.5) is 0 Å². The van der Waals surface area contributed by atoms with Gasteiger partial charge in [-0.1, -0.05) is 5.16 Å². The molecule has 1 rings (SSSR count). The number of aryl methyl sites for hydroxylation is 1. The van der Waals surface area contributed by atoms with Crippen LogP contribution >= 0.6 is 0 Å². The summed E-state index contributed by atoms with van der Waals surface area (Å²) in [6.45, 7) is 10.3. The highest BCUT2D eigenvalue weighted by Crippen LogP contribution is 2.39. The van der Waals surface area contributed by atoms with E-state index in [0.717, 1.165) is 0 Å². The molecule has 0 saturated heterocycles. The van der Waals surface area contributed by atoms with Crippen LogP contribution in [0.15, 0.2) is 10.6 Å². The Morgan fingerprint density at radius 1 is 1.24 bits per heavy atom. The third-order valence-corrected chi connectivity index (χ3v) is 3.01. The molecule has 0 aliphatic carbocycles. The second-order valence-electron chi connectivity index (χ2n) is 6.55. The molecule has 0 radical (unpaired) electrons. The van der Waals surface area contributed by atoms with E-state index < -0.39 is 28.9 Å². The van der Waals surface area contributed by atoms with Crippen LogP contribution in [0.2, 0.25) is 0 Å². The Balaban J connectivity index is 3.18.